The molecule has 6 heteroatoms. The number of nitrogens with zero attached hydrogens (tertiary/aromatic N) is 1. The lowest BCUT2D eigenvalue weighted by molar-refractivity contribution is -0.384. The van der Waals surface area contributed by atoms with E-state index in [0.29, 0.717) is 11.1 Å². The van der Waals surface area contributed by atoms with Crippen LogP contribution >= 0.6 is 0 Å². The minimum absolute atomic E-state index is 0.0313. The van der Waals surface area contributed by atoms with Gasteiger partial charge in [0.05, 0.1) is 11.0 Å². The van der Waals surface area contributed by atoms with Gasteiger partial charge in [-0.15, -0.1) is 0 Å². The van der Waals surface area contributed by atoms with Crippen LogP contribution < -0.4 is 5.32 Å². The van der Waals surface area contributed by atoms with Crippen molar-refractivity contribution in [2.75, 3.05) is 6.54 Å². The van der Waals surface area contributed by atoms with E-state index in [1.165, 1.54) is 24.3 Å². The van der Waals surface area contributed by atoms with Crippen LogP contribution in [0.1, 0.15) is 33.2 Å². The molecule has 0 heterocycles. The Hall–Kier alpha value is -2.73. The number of nitro groups is 1. The predicted molar refractivity (Wildman–Crippen MR) is 86.3 cm³/mol. The number of aliphatic hydroxyl groups is 1. The average Bonchev–Trinajstić information content (AvgIpc) is 2.54. The molecule has 2 N–H and O–H groups in total. The van der Waals surface area contributed by atoms with Crippen molar-refractivity contribution in [2.45, 2.75) is 20.0 Å². The van der Waals surface area contributed by atoms with E-state index in [2.05, 4.69) is 5.32 Å². The topological polar surface area (TPSA) is 92.5 Å². The first kappa shape index (κ1) is 16.6. The van der Waals surface area contributed by atoms with Gasteiger partial charge in [-0.25, -0.2) is 0 Å². The number of aryl methyl sites for hydroxylation is 2. The molecule has 120 valence electrons. The fourth-order valence-electron chi connectivity index (χ4n) is 2.11. The third-order valence-electron chi connectivity index (χ3n) is 3.71. The van der Waals surface area contributed by atoms with E-state index in [-0.39, 0.29) is 18.1 Å². The number of carbonyl (C=O) groups is 1. The van der Waals surface area contributed by atoms with Crippen molar-refractivity contribution >= 4 is 11.6 Å². The number of non-ortho nitro benzene ring substituents is 1. The summed E-state index contributed by atoms with van der Waals surface area (Å²) in [4.78, 5) is 22.2. The molecular formula is C17H18N2O4. The standard InChI is InChI=1S/C17H18N2O4/c1-11-3-4-14(9-12(11)2)17(21)18-10-16(20)13-5-7-15(8-6-13)19(22)23/h3-9,16,20H,10H2,1-2H3,(H,18,21). The fourth-order valence-corrected chi connectivity index (χ4v) is 2.11. The van der Waals surface area contributed by atoms with Crippen LogP contribution in [0.4, 0.5) is 5.69 Å². The largest absolute Gasteiger partial charge is 0.387 e. The lowest BCUT2D eigenvalue weighted by Gasteiger charge is -2.12. The molecule has 0 spiro atoms. The molecule has 0 saturated carbocycles. The summed E-state index contributed by atoms with van der Waals surface area (Å²) < 4.78 is 0. The first-order valence-corrected chi connectivity index (χ1v) is 7.16. The van der Waals surface area contributed by atoms with Gasteiger partial charge in [0, 0.05) is 24.2 Å². The van der Waals surface area contributed by atoms with Gasteiger partial charge in [0.25, 0.3) is 11.6 Å². The molecule has 23 heavy (non-hydrogen) atoms. The molecule has 6 nitrogen and oxygen atoms in total. The molecule has 0 radical (unpaired) electrons. The summed E-state index contributed by atoms with van der Waals surface area (Å²) >= 11 is 0. The van der Waals surface area contributed by atoms with E-state index in [1.807, 2.05) is 19.9 Å². The number of nitro benzene ring substituents is 1. The highest BCUT2D eigenvalue weighted by molar-refractivity contribution is 5.94. The number of benzene rings is 2. The number of nitrogens with one attached hydrogen (secondary N) is 1. The molecule has 0 aliphatic heterocycles. The molecule has 1 unspecified atom stereocenters. The SMILES string of the molecule is Cc1ccc(C(=O)NCC(O)c2ccc([N+](=O)[O-])cc2)cc1C. The molecular weight excluding hydrogens is 296 g/mol. The summed E-state index contributed by atoms with van der Waals surface area (Å²) in [6.45, 7) is 3.93. The molecule has 0 aliphatic rings. The van der Waals surface area contributed by atoms with Crippen molar-refractivity contribution in [3.05, 3.63) is 74.8 Å². The van der Waals surface area contributed by atoms with Crippen LogP contribution in [0.15, 0.2) is 42.5 Å². The molecule has 1 atom stereocenters. The molecule has 1 amide bonds. The minimum atomic E-state index is -0.925. The van der Waals surface area contributed by atoms with Gasteiger partial charge in [-0.3, -0.25) is 14.9 Å². The maximum Gasteiger partial charge on any atom is 0.269 e. The monoisotopic (exact) mass is 314 g/mol. The van der Waals surface area contributed by atoms with Crippen LogP contribution in [0.5, 0.6) is 0 Å². The van der Waals surface area contributed by atoms with Crippen molar-refractivity contribution in [2.24, 2.45) is 0 Å². The Morgan fingerprint density at radius 3 is 2.39 bits per heavy atom. The molecule has 0 aliphatic carbocycles. The van der Waals surface area contributed by atoms with Crippen LogP contribution in [-0.2, 0) is 0 Å². The average molecular weight is 314 g/mol. The summed E-state index contributed by atoms with van der Waals surface area (Å²) in [5, 5.41) is 23.3. The first-order chi connectivity index (χ1) is 10.9. The third kappa shape index (κ3) is 4.14. The number of rotatable bonds is 5. The summed E-state index contributed by atoms with van der Waals surface area (Å²) in [7, 11) is 0. The van der Waals surface area contributed by atoms with Crippen LogP contribution in [0.2, 0.25) is 0 Å². The predicted octanol–water partition coefficient (Wildman–Crippen LogP) is 2.68. The van der Waals surface area contributed by atoms with E-state index in [1.54, 1.807) is 12.1 Å². The number of hydrogen-bond donors (Lipinski definition) is 2. The zero-order chi connectivity index (χ0) is 17.0. The summed E-state index contributed by atoms with van der Waals surface area (Å²) in [5.41, 5.74) is 3.13. The number of hydrogen-bond acceptors (Lipinski definition) is 4. The van der Waals surface area contributed by atoms with Crippen molar-refractivity contribution in [1.82, 2.24) is 5.32 Å². The van der Waals surface area contributed by atoms with E-state index in [4.69, 9.17) is 0 Å². The van der Waals surface area contributed by atoms with Crippen LogP contribution in [-0.4, -0.2) is 22.5 Å². The summed E-state index contributed by atoms with van der Waals surface area (Å²) in [6.07, 6.45) is -0.925. The maximum atomic E-state index is 12.1. The van der Waals surface area contributed by atoms with E-state index in [0.717, 1.165) is 11.1 Å². The first-order valence-electron chi connectivity index (χ1n) is 7.16. The Labute approximate surface area is 133 Å². The minimum Gasteiger partial charge on any atom is -0.387 e. The molecule has 0 fully saturated rings. The smallest absolute Gasteiger partial charge is 0.269 e. The highest BCUT2D eigenvalue weighted by Crippen LogP contribution is 2.17. The molecule has 0 aromatic heterocycles. The molecule has 2 aromatic rings. The third-order valence-corrected chi connectivity index (χ3v) is 3.71. The summed E-state index contributed by atoms with van der Waals surface area (Å²) in [6, 6.07) is 11.0. The molecule has 0 bridgehead atoms. The Kier molecular flexibility index (Phi) is 5.08. The highest BCUT2D eigenvalue weighted by Gasteiger charge is 2.13. The van der Waals surface area contributed by atoms with E-state index >= 15 is 0 Å². The Morgan fingerprint density at radius 1 is 1.17 bits per heavy atom. The van der Waals surface area contributed by atoms with E-state index < -0.39 is 11.0 Å². The number of amides is 1. The second-order valence-corrected chi connectivity index (χ2v) is 5.37. The number of carbonyl (C=O) groups excluding carboxylic acids is 1. The van der Waals surface area contributed by atoms with Gasteiger partial charge in [0.15, 0.2) is 0 Å². The summed E-state index contributed by atoms with van der Waals surface area (Å²) in [5.74, 6) is -0.269. The second kappa shape index (κ2) is 7.02. The van der Waals surface area contributed by atoms with Gasteiger partial charge in [-0.2, -0.15) is 0 Å². The van der Waals surface area contributed by atoms with Crippen LogP contribution in [0.25, 0.3) is 0 Å². The Bertz CT molecular complexity index is 726. The molecule has 2 aromatic carbocycles. The highest BCUT2D eigenvalue weighted by atomic mass is 16.6. The lowest BCUT2D eigenvalue weighted by atomic mass is 10.1. The van der Waals surface area contributed by atoms with Crippen molar-refractivity contribution < 1.29 is 14.8 Å². The van der Waals surface area contributed by atoms with Crippen LogP contribution in [0, 0.1) is 24.0 Å². The molecule has 0 saturated heterocycles. The Morgan fingerprint density at radius 2 is 1.83 bits per heavy atom. The maximum absolute atomic E-state index is 12.1. The quantitative estimate of drug-likeness (QED) is 0.655. The van der Waals surface area contributed by atoms with Gasteiger partial charge in [0.2, 0.25) is 0 Å². The van der Waals surface area contributed by atoms with Gasteiger partial charge in [0.1, 0.15) is 0 Å². The van der Waals surface area contributed by atoms with Gasteiger partial charge in [-0.1, -0.05) is 6.07 Å². The number of aliphatic hydroxyl groups excluding tert-OH is 1. The Balaban J connectivity index is 1.97. The zero-order valence-electron chi connectivity index (χ0n) is 12.9. The normalized spacial score (nSPS) is 11.8. The fraction of sp³-hybridized carbons (Fsp3) is 0.235. The van der Waals surface area contributed by atoms with Crippen molar-refractivity contribution in [3.8, 4) is 0 Å². The van der Waals surface area contributed by atoms with Gasteiger partial charge >= 0.3 is 0 Å². The van der Waals surface area contributed by atoms with Gasteiger partial charge in [-0.05, 0) is 54.8 Å². The zero-order valence-corrected chi connectivity index (χ0v) is 12.9. The second-order valence-electron chi connectivity index (χ2n) is 5.37. The van der Waals surface area contributed by atoms with Crippen LogP contribution in [0.3, 0.4) is 0 Å². The lowest BCUT2D eigenvalue weighted by Crippen LogP contribution is -2.28. The van der Waals surface area contributed by atoms with E-state index in [9.17, 15) is 20.0 Å². The molecule has 2 rings (SSSR count). The van der Waals surface area contributed by atoms with Crippen molar-refractivity contribution in [1.29, 1.82) is 0 Å². The van der Waals surface area contributed by atoms with Gasteiger partial charge < -0.3 is 10.4 Å². The van der Waals surface area contributed by atoms with Crippen molar-refractivity contribution in [3.63, 3.8) is 0 Å².